The molecule has 1 aliphatic rings. The van der Waals surface area contributed by atoms with Crippen molar-refractivity contribution in [2.24, 2.45) is 0 Å². The van der Waals surface area contributed by atoms with Crippen molar-refractivity contribution in [2.45, 2.75) is 18.6 Å². The number of nitrogens with zero attached hydrogens (tertiary/aromatic N) is 4. The highest BCUT2D eigenvalue weighted by atomic mass is 32.1. The number of nitrogens with one attached hydrogen (secondary N) is 1. The van der Waals surface area contributed by atoms with Gasteiger partial charge in [-0.1, -0.05) is 6.07 Å². The Bertz CT molecular complexity index is 1090. The largest absolute Gasteiger partial charge is 0.467 e. The van der Waals surface area contributed by atoms with E-state index in [1.807, 2.05) is 48.7 Å². The molecule has 1 fully saturated rings. The summed E-state index contributed by atoms with van der Waals surface area (Å²) < 4.78 is 7.78. The smallest absolute Gasteiger partial charge is 0.170 e. The van der Waals surface area contributed by atoms with Gasteiger partial charge >= 0.3 is 0 Å². The molecule has 7 heteroatoms. The molecular formula is C22H19N5OS. The number of hydrogen-bond acceptors (Lipinski definition) is 4. The van der Waals surface area contributed by atoms with E-state index in [-0.39, 0.29) is 12.1 Å². The number of furan rings is 1. The minimum absolute atomic E-state index is 0.0503. The van der Waals surface area contributed by atoms with Gasteiger partial charge in [-0.15, -0.1) is 0 Å². The number of hydrogen-bond donors (Lipinski definition) is 1. The summed E-state index contributed by atoms with van der Waals surface area (Å²) in [5, 5.41) is 4.16. The first-order valence-electron chi connectivity index (χ1n) is 9.39. The summed E-state index contributed by atoms with van der Waals surface area (Å²) in [5.74, 6) is 0.864. The van der Waals surface area contributed by atoms with Crippen molar-refractivity contribution < 1.29 is 4.42 Å². The van der Waals surface area contributed by atoms with Gasteiger partial charge in [-0.25, -0.2) is 0 Å². The van der Waals surface area contributed by atoms with Crippen LogP contribution in [0.1, 0.15) is 29.2 Å². The second-order valence-corrected chi connectivity index (χ2v) is 7.23. The van der Waals surface area contributed by atoms with Crippen LogP contribution in [0.3, 0.4) is 0 Å². The molecule has 0 aliphatic carbocycles. The van der Waals surface area contributed by atoms with E-state index in [1.54, 1.807) is 18.7 Å². The lowest BCUT2D eigenvalue weighted by molar-refractivity contribution is 0.280. The Balaban J connectivity index is 1.61. The zero-order valence-electron chi connectivity index (χ0n) is 15.6. The highest BCUT2D eigenvalue weighted by molar-refractivity contribution is 7.80. The molecule has 2 atom stereocenters. The molecular weight excluding hydrogens is 382 g/mol. The van der Waals surface area contributed by atoms with Gasteiger partial charge < -0.3 is 19.2 Å². The maximum atomic E-state index is 5.73. The topological polar surface area (TPSA) is 59.1 Å². The molecule has 0 aromatic carbocycles. The molecule has 4 aromatic rings. The minimum Gasteiger partial charge on any atom is -0.467 e. The fraction of sp³-hybridized carbons (Fsp3) is 0.136. The molecule has 4 aromatic heterocycles. The molecule has 6 nitrogen and oxygen atoms in total. The van der Waals surface area contributed by atoms with Crippen LogP contribution in [-0.4, -0.2) is 24.5 Å². The Morgan fingerprint density at radius 2 is 1.90 bits per heavy atom. The van der Waals surface area contributed by atoms with E-state index in [0.717, 1.165) is 22.8 Å². The Morgan fingerprint density at radius 3 is 2.66 bits per heavy atom. The monoisotopic (exact) mass is 401 g/mol. The van der Waals surface area contributed by atoms with Crippen LogP contribution < -0.4 is 5.32 Å². The van der Waals surface area contributed by atoms with Gasteiger partial charge in [0.1, 0.15) is 5.76 Å². The van der Waals surface area contributed by atoms with Crippen LogP contribution in [0.15, 0.2) is 90.1 Å². The molecule has 0 bridgehead atoms. The molecule has 5 heterocycles. The van der Waals surface area contributed by atoms with Gasteiger partial charge in [0, 0.05) is 36.2 Å². The van der Waals surface area contributed by atoms with E-state index in [4.69, 9.17) is 16.6 Å². The van der Waals surface area contributed by atoms with Crippen LogP contribution in [-0.2, 0) is 6.54 Å². The highest BCUT2D eigenvalue weighted by Crippen LogP contribution is 2.40. The van der Waals surface area contributed by atoms with Gasteiger partial charge in [-0.05, 0) is 60.7 Å². The lowest BCUT2D eigenvalue weighted by Gasteiger charge is -2.28. The maximum absolute atomic E-state index is 5.73. The first-order chi connectivity index (χ1) is 14.3. The van der Waals surface area contributed by atoms with Crippen LogP contribution in [0, 0.1) is 0 Å². The molecule has 1 aliphatic heterocycles. The van der Waals surface area contributed by atoms with Crippen LogP contribution in [0.2, 0.25) is 0 Å². The van der Waals surface area contributed by atoms with Gasteiger partial charge in [-0.3, -0.25) is 9.97 Å². The second-order valence-electron chi connectivity index (χ2n) is 6.84. The van der Waals surface area contributed by atoms with Crippen molar-refractivity contribution in [3.63, 3.8) is 0 Å². The Morgan fingerprint density at radius 1 is 1.00 bits per heavy atom. The average Bonchev–Trinajstić information content (AvgIpc) is 3.51. The van der Waals surface area contributed by atoms with Gasteiger partial charge in [0.15, 0.2) is 5.11 Å². The molecule has 1 saturated heterocycles. The standard InChI is InChI=1S/C22H19N5OS/c29-22-25-20(18-6-1-2-10-24-18)21(27(22)15-17-5-4-14-28-17)19-7-3-13-26(19)16-8-11-23-12-9-16/h1-14,20-21H,15H2,(H,25,29)/t20-,21+/m0/s1. The summed E-state index contributed by atoms with van der Waals surface area (Å²) in [7, 11) is 0. The number of pyridine rings is 2. The Hall–Kier alpha value is -3.45. The van der Waals surface area contributed by atoms with Crippen LogP contribution >= 0.6 is 12.2 Å². The first kappa shape index (κ1) is 17.6. The zero-order chi connectivity index (χ0) is 19.6. The maximum Gasteiger partial charge on any atom is 0.170 e. The normalized spacial score (nSPS) is 18.8. The molecule has 0 saturated carbocycles. The van der Waals surface area contributed by atoms with Crippen molar-refractivity contribution in [3.05, 3.63) is 103 Å². The second kappa shape index (κ2) is 7.52. The molecule has 0 amide bonds. The Kier molecular flexibility index (Phi) is 4.57. The van der Waals surface area contributed by atoms with E-state index < -0.39 is 0 Å². The quantitative estimate of drug-likeness (QED) is 0.510. The van der Waals surface area contributed by atoms with Gasteiger partial charge in [0.2, 0.25) is 0 Å². The summed E-state index contributed by atoms with van der Waals surface area (Å²) in [6.45, 7) is 0.578. The van der Waals surface area contributed by atoms with Crippen molar-refractivity contribution in [3.8, 4) is 5.69 Å². The highest BCUT2D eigenvalue weighted by Gasteiger charge is 2.41. The molecule has 144 valence electrons. The number of thiocarbonyl (C=S) groups is 1. The van der Waals surface area contributed by atoms with Gasteiger partial charge in [-0.2, -0.15) is 0 Å². The predicted octanol–water partition coefficient (Wildman–Crippen LogP) is 4.03. The first-order valence-corrected chi connectivity index (χ1v) is 9.80. The molecule has 0 unspecified atom stereocenters. The average molecular weight is 401 g/mol. The van der Waals surface area contributed by atoms with Crippen molar-refractivity contribution in [2.75, 3.05) is 0 Å². The Labute approximate surface area is 173 Å². The van der Waals surface area contributed by atoms with E-state index in [1.165, 1.54) is 0 Å². The van der Waals surface area contributed by atoms with Gasteiger partial charge in [0.05, 0.1) is 30.6 Å². The van der Waals surface area contributed by atoms with E-state index in [0.29, 0.717) is 11.7 Å². The summed E-state index contributed by atoms with van der Waals surface area (Å²) >= 11 is 5.73. The fourth-order valence-electron chi connectivity index (χ4n) is 3.84. The molecule has 0 radical (unpaired) electrons. The van der Waals surface area contributed by atoms with Crippen molar-refractivity contribution >= 4 is 17.3 Å². The number of rotatable bonds is 5. The zero-order valence-corrected chi connectivity index (χ0v) is 16.4. The van der Waals surface area contributed by atoms with Crippen LogP contribution in [0.25, 0.3) is 5.69 Å². The van der Waals surface area contributed by atoms with Gasteiger partial charge in [0.25, 0.3) is 0 Å². The summed E-state index contributed by atoms with van der Waals surface area (Å²) in [6, 6.07) is 17.9. The van der Waals surface area contributed by atoms with Crippen LogP contribution in [0.4, 0.5) is 0 Å². The molecule has 1 N–H and O–H groups in total. The SMILES string of the molecule is S=C1N[C@@H](c2ccccn2)[C@@H](c2cccn2-c2ccncc2)N1Cc1ccco1. The number of aromatic nitrogens is 3. The van der Waals surface area contributed by atoms with Crippen molar-refractivity contribution in [1.29, 1.82) is 0 Å². The van der Waals surface area contributed by atoms with E-state index in [9.17, 15) is 0 Å². The third-order valence-electron chi connectivity index (χ3n) is 5.13. The lowest BCUT2D eigenvalue weighted by Crippen LogP contribution is -2.29. The molecule has 29 heavy (non-hydrogen) atoms. The van der Waals surface area contributed by atoms with Crippen LogP contribution in [0.5, 0.6) is 0 Å². The minimum atomic E-state index is -0.0749. The summed E-state index contributed by atoms with van der Waals surface area (Å²) in [4.78, 5) is 10.9. The molecule has 0 spiro atoms. The third-order valence-corrected chi connectivity index (χ3v) is 5.48. The fourth-order valence-corrected chi connectivity index (χ4v) is 4.15. The van der Waals surface area contributed by atoms with Crippen molar-refractivity contribution in [1.82, 2.24) is 24.8 Å². The third kappa shape index (κ3) is 3.30. The van der Waals surface area contributed by atoms with E-state index >= 15 is 0 Å². The molecule has 5 rings (SSSR count). The summed E-state index contributed by atoms with van der Waals surface area (Å²) in [6.07, 6.45) is 9.16. The van der Waals surface area contributed by atoms with E-state index in [2.05, 4.69) is 43.1 Å². The lowest BCUT2D eigenvalue weighted by atomic mass is 10.0. The predicted molar refractivity (Wildman–Crippen MR) is 113 cm³/mol. The summed E-state index contributed by atoms with van der Waals surface area (Å²) in [5.41, 5.74) is 3.12.